The Hall–Kier alpha value is -3.45. The first-order valence-corrected chi connectivity index (χ1v) is 9.50. The maximum Gasteiger partial charge on any atom is 0.268 e. The highest BCUT2D eigenvalue weighted by Crippen LogP contribution is 2.21. The molecule has 7 heteroatoms. The molecule has 1 aromatic carbocycles. The second-order valence-electron chi connectivity index (χ2n) is 6.12. The monoisotopic (exact) mass is 391 g/mol. The maximum atomic E-state index is 12.5. The molecule has 1 amide bonds. The predicted octanol–water partition coefficient (Wildman–Crippen LogP) is 4.94. The van der Waals surface area contributed by atoms with Gasteiger partial charge in [0, 0.05) is 11.8 Å². The zero-order valence-corrected chi connectivity index (χ0v) is 15.9. The molecule has 0 aliphatic heterocycles. The lowest BCUT2D eigenvalue weighted by molar-refractivity contribution is 0.102. The molecule has 0 bridgehead atoms. The normalized spacial score (nSPS) is 10.6. The van der Waals surface area contributed by atoms with Gasteiger partial charge in [-0.1, -0.05) is 12.1 Å². The number of rotatable bonds is 6. The van der Waals surface area contributed by atoms with E-state index in [0.717, 1.165) is 16.9 Å². The van der Waals surface area contributed by atoms with Gasteiger partial charge in [-0.05, 0) is 54.3 Å². The van der Waals surface area contributed by atoms with Crippen molar-refractivity contribution < 1.29 is 13.9 Å². The summed E-state index contributed by atoms with van der Waals surface area (Å²) in [5, 5.41) is 4.63. The average molecular weight is 391 g/mol. The van der Waals surface area contributed by atoms with Crippen LogP contribution in [0.15, 0.2) is 70.8 Å². The Bertz CT molecular complexity index is 1090. The van der Waals surface area contributed by atoms with Gasteiger partial charge in [0.05, 0.1) is 11.1 Å². The largest absolute Gasteiger partial charge is 0.489 e. The van der Waals surface area contributed by atoms with Crippen LogP contribution in [0.1, 0.15) is 20.8 Å². The summed E-state index contributed by atoms with van der Waals surface area (Å²) < 4.78 is 11.1. The summed E-state index contributed by atoms with van der Waals surface area (Å²) in [4.78, 5) is 21.5. The number of carbonyl (C=O) groups is 1. The highest BCUT2D eigenvalue weighted by molar-refractivity contribution is 7.12. The number of anilines is 1. The van der Waals surface area contributed by atoms with Crippen LogP contribution in [-0.4, -0.2) is 15.9 Å². The number of benzene rings is 1. The van der Waals surface area contributed by atoms with E-state index in [1.807, 2.05) is 42.6 Å². The predicted molar refractivity (Wildman–Crippen MR) is 108 cm³/mol. The molecule has 0 spiro atoms. The molecule has 3 heterocycles. The summed E-state index contributed by atoms with van der Waals surface area (Å²) in [6, 6.07) is 15.0. The van der Waals surface area contributed by atoms with Crippen molar-refractivity contribution in [3.8, 4) is 17.2 Å². The fraction of sp³-hybridized carbons (Fsp3) is 0.0952. The van der Waals surface area contributed by atoms with E-state index < -0.39 is 0 Å². The highest BCUT2D eigenvalue weighted by Gasteiger charge is 2.12. The van der Waals surface area contributed by atoms with E-state index in [4.69, 9.17) is 9.15 Å². The van der Waals surface area contributed by atoms with E-state index in [-0.39, 0.29) is 11.9 Å². The molecule has 0 aliphatic carbocycles. The summed E-state index contributed by atoms with van der Waals surface area (Å²) in [7, 11) is 0. The molecule has 0 fully saturated rings. The van der Waals surface area contributed by atoms with Crippen molar-refractivity contribution in [2.45, 2.75) is 13.5 Å². The van der Waals surface area contributed by atoms with Gasteiger partial charge in [0.15, 0.2) is 5.76 Å². The molecule has 6 nitrogen and oxygen atoms in total. The van der Waals surface area contributed by atoms with E-state index in [0.29, 0.717) is 22.9 Å². The van der Waals surface area contributed by atoms with Crippen molar-refractivity contribution >= 4 is 23.2 Å². The smallest absolute Gasteiger partial charge is 0.268 e. The van der Waals surface area contributed by atoms with Crippen molar-refractivity contribution in [1.82, 2.24) is 9.97 Å². The lowest BCUT2D eigenvalue weighted by atomic mass is 10.2. The first-order valence-electron chi connectivity index (χ1n) is 8.62. The van der Waals surface area contributed by atoms with Gasteiger partial charge in [0.2, 0.25) is 5.95 Å². The third-order valence-electron chi connectivity index (χ3n) is 3.93. The van der Waals surface area contributed by atoms with Gasteiger partial charge in [-0.2, -0.15) is 0 Å². The van der Waals surface area contributed by atoms with Crippen LogP contribution in [0, 0.1) is 6.92 Å². The zero-order chi connectivity index (χ0) is 19.3. The van der Waals surface area contributed by atoms with Gasteiger partial charge in [-0.25, -0.2) is 9.97 Å². The molecule has 0 radical (unpaired) electrons. The second-order valence-corrected chi connectivity index (χ2v) is 7.03. The number of amides is 1. The number of carbonyl (C=O) groups excluding carboxylic acids is 1. The van der Waals surface area contributed by atoms with Crippen molar-refractivity contribution in [2.24, 2.45) is 0 Å². The molecule has 140 valence electrons. The van der Waals surface area contributed by atoms with Crippen molar-refractivity contribution in [2.75, 3.05) is 5.32 Å². The molecule has 28 heavy (non-hydrogen) atoms. The van der Waals surface area contributed by atoms with E-state index in [1.165, 1.54) is 11.3 Å². The Morgan fingerprint density at radius 3 is 2.96 bits per heavy atom. The molecule has 0 aliphatic rings. The van der Waals surface area contributed by atoms with Crippen LogP contribution in [0.2, 0.25) is 0 Å². The first-order chi connectivity index (χ1) is 13.7. The number of thiophene rings is 1. The molecular formula is C21H17N3O3S. The SMILES string of the molecule is Cc1cccc(OCc2csc(C(=O)Nc3nccc(-c4ccco4)n3)c2)c1. The molecule has 4 rings (SSSR count). The van der Waals surface area contributed by atoms with Crippen LogP contribution in [0.5, 0.6) is 5.75 Å². The minimum Gasteiger partial charge on any atom is -0.489 e. The highest BCUT2D eigenvalue weighted by atomic mass is 32.1. The number of nitrogens with one attached hydrogen (secondary N) is 1. The molecule has 0 atom stereocenters. The van der Waals surface area contributed by atoms with Crippen LogP contribution in [0.3, 0.4) is 0 Å². The number of aromatic nitrogens is 2. The van der Waals surface area contributed by atoms with Crippen LogP contribution < -0.4 is 10.1 Å². The Labute approximate surface area is 165 Å². The van der Waals surface area contributed by atoms with Gasteiger partial charge in [-0.15, -0.1) is 11.3 Å². The van der Waals surface area contributed by atoms with Crippen LogP contribution in [-0.2, 0) is 6.61 Å². The summed E-state index contributed by atoms with van der Waals surface area (Å²) in [6.45, 7) is 2.42. The van der Waals surface area contributed by atoms with Gasteiger partial charge < -0.3 is 9.15 Å². The summed E-state index contributed by atoms with van der Waals surface area (Å²) >= 11 is 1.35. The molecule has 0 unspecified atom stereocenters. The van der Waals surface area contributed by atoms with Gasteiger partial charge >= 0.3 is 0 Å². The van der Waals surface area contributed by atoms with Crippen molar-refractivity contribution in [3.63, 3.8) is 0 Å². The lowest BCUT2D eigenvalue weighted by Gasteiger charge is -2.05. The zero-order valence-electron chi connectivity index (χ0n) is 15.1. The van der Waals surface area contributed by atoms with Crippen LogP contribution >= 0.6 is 11.3 Å². The number of furan rings is 1. The maximum absolute atomic E-state index is 12.5. The van der Waals surface area contributed by atoms with Gasteiger partial charge in [-0.3, -0.25) is 10.1 Å². The van der Waals surface area contributed by atoms with Gasteiger partial charge in [0.1, 0.15) is 18.1 Å². The minimum absolute atomic E-state index is 0.227. The van der Waals surface area contributed by atoms with E-state index in [1.54, 1.807) is 30.7 Å². The molecule has 3 aromatic heterocycles. The van der Waals surface area contributed by atoms with Gasteiger partial charge in [0.25, 0.3) is 5.91 Å². The fourth-order valence-corrected chi connectivity index (χ4v) is 3.38. The van der Waals surface area contributed by atoms with E-state index in [9.17, 15) is 4.79 Å². The summed E-state index contributed by atoms with van der Waals surface area (Å²) in [6.07, 6.45) is 3.15. The molecule has 1 N–H and O–H groups in total. The number of aryl methyl sites for hydroxylation is 1. The lowest BCUT2D eigenvalue weighted by Crippen LogP contribution is -2.13. The Morgan fingerprint density at radius 2 is 2.14 bits per heavy atom. The molecule has 0 saturated heterocycles. The number of hydrogen-bond donors (Lipinski definition) is 1. The second kappa shape index (κ2) is 8.06. The summed E-state index contributed by atoms with van der Waals surface area (Å²) in [5.41, 5.74) is 2.68. The molecular weight excluding hydrogens is 374 g/mol. The third-order valence-corrected chi connectivity index (χ3v) is 4.90. The third kappa shape index (κ3) is 4.27. The Kier molecular flexibility index (Phi) is 5.16. The van der Waals surface area contributed by atoms with Crippen LogP contribution in [0.4, 0.5) is 5.95 Å². The van der Waals surface area contributed by atoms with E-state index in [2.05, 4.69) is 15.3 Å². The Morgan fingerprint density at radius 1 is 1.21 bits per heavy atom. The number of nitrogens with zero attached hydrogens (tertiary/aromatic N) is 2. The fourth-order valence-electron chi connectivity index (χ4n) is 2.59. The number of hydrogen-bond acceptors (Lipinski definition) is 6. The van der Waals surface area contributed by atoms with Crippen molar-refractivity contribution in [1.29, 1.82) is 0 Å². The van der Waals surface area contributed by atoms with Crippen LogP contribution in [0.25, 0.3) is 11.5 Å². The number of ether oxygens (including phenoxy) is 1. The Balaban J connectivity index is 1.40. The topological polar surface area (TPSA) is 77.2 Å². The summed E-state index contributed by atoms with van der Waals surface area (Å²) in [5.74, 6) is 1.39. The van der Waals surface area contributed by atoms with Crippen molar-refractivity contribution in [3.05, 3.63) is 82.4 Å². The quantitative estimate of drug-likeness (QED) is 0.504. The molecule has 4 aromatic rings. The average Bonchev–Trinajstić information content (AvgIpc) is 3.39. The first kappa shape index (κ1) is 17.9. The minimum atomic E-state index is -0.261. The van der Waals surface area contributed by atoms with E-state index >= 15 is 0 Å². The molecule has 0 saturated carbocycles. The standard InChI is InChI=1S/C21H17N3O3S/c1-14-4-2-5-16(10-14)27-12-15-11-19(28-13-15)20(25)24-21-22-8-7-17(23-21)18-6-3-9-26-18/h2-11,13H,12H2,1H3,(H,22,23,24,25).